The minimum Gasteiger partial charge on any atom is -0.458 e. The third kappa shape index (κ3) is 1.89. The van der Waals surface area contributed by atoms with Crippen LogP contribution in [0.25, 0.3) is 0 Å². The van der Waals surface area contributed by atoms with Gasteiger partial charge in [0.1, 0.15) is 35.4 Å². The fraction of sp³-hybridized carbons (Fsp3) is 0.810. The number of nitriles is 1. The summed E-state index contributed by atoms with van der Waals surface area (Å²) in [5, 5.41) is 11.3. The van der Waals surface area contributed by atoms with E-state index >= 15 is 0 Å². The Morgan fingerprint density at radius 1 is 1.34 bits per heavy atom. The lowest BCUT2D eigenvalue weighted by Gasteiger charge is -2.56. The molecule has 32 heavy (non-hydrogen) atoms. The Balaban J connectivity index is 1.42. The van der Waals surface area contributed by atoms with E-state index in [0.717, 1.165) is 22.9 Å². The van der Waals surface area contributed by atoms with Crippen LogP contribution in [0, 0.1) is 27.9 Å². The van der Waals surface area contributed by atoms with Crippen LogP contribution < -0.4 is 0 Å². The molecule has 0 bridgehead atoms. The fourth-order valence-corrected chi connectivity index (χ4v) is 10.8. The van der Waals surface area contributed by atoms with Gasteiger partial charge in [-0.05, 0) is 48.4 Å². The first-order valence-electron chi connectivity index (χ1n) is 11.1. The molecule has 10 atom stereocenters. The van der Waals surface area contributed by atoms with Crippen LogP contribution in [0.5, 0.6) is 0 Å². The summed E-state index contributed by atoms with van der Waals surface area (Å²) in [5.41, 5.74) is -1.43. The largest absolute Gasteiger partial charge is 0.473 e. The summed E-state index contributed by atoms with van der Waals surface area (Å²) >= 11 is 1.03. The van der Waals surface area contributed by atoms with Gasteiger partial charge in [-0.2, -0.15) is 5.26 Å². The number of thioether (sulfide) groups is 1. The van der Waals surface area contributed by atoms with Crippen LogP contribution in [0.1, 0.15) is 40.0 Å². The Labute approximate surface area is 189 Å². The van der Waals surface area contributed by atoms with Crippen molar-refractivity contribution < 1.29 is 37.5 Å². The SMILES string of the molecule is CC(C)[C@]12OP(=O)(O)O[C@H]1[C@]13O[C@H]1C[C@H]1C4=C(CC[C@]1(C)[C@@]31OC1[C@H]2SC#N)C(=O)OC4. The average molecular weight is 481 g/mol. The summed E-state index contributed by atoms with van der Waals surface area (Å²) in [6.07, 6.45) is 0.532. The van der Waals surface area contributed by atoms with Crippen LogP contribution in [0.15, 0.2) is 11.1 Å². The van der Waals surface area contributed by atoms with E-state index in [1.807, 2.05) is 13.8 Å². The molecular formula is C21H24NO8PS. The number of esters is 1. The highest BCUT2D eigenvalue weighted by atomic mass is 32.2. The second-order valence-electron chi connectivity index (χ2n) is 10.6. The zero-order valence-corrected chi connectivity index (χ0v) is 19.6. The van der Waals surface area contributed by atoms with Gasteiger partial charge < -0.3 is 19.1 Å². The van der Waals surface area contributed by atoms with Crippen LogP contribution in [-0.4, -0.2) is 57.8 Å². The van der Waals surface area contributed by atoms with E-state index in [1.165, 1.54) is 0 Å². The van der Waals surface area contributed by atoms with Gasteiger partial charge in [-0.1, -0.05) is 20.8 Å². The zero-order chi connectivity index (χ0) is 22.5. The number of carbonyl (C=O) groups excluding carboxylic acids is 1. The van der Waals surface area contributed by atoms with Gasteiger partial charge in [-0.15, -0.1) is 0 Å². The number of cyclic esters (lactones) is 1. The number of hydrogen-bond donors (Lipinski definition) is 1. The first-order valence-corrected chi connectivity index (χ1v) is 13.5. The number of phosphoric ester groups is 1. The lowest BCUT2D eigenvalue weighted by atomic mass is 9.46. The smallest absolute Gasteiger partial charge is 0.458 e. The maximum absolute atomic E-state index is 12.8. The molecule has 11 heteroatoms. The molecule has 0 aromatic rings. The molecule has 0 aromatic heterocycles. The van der Waals surface area contributed by atoms with Gasteiger partial charge >= 0.3 is 13.8 Å². The average Bonchev–Trinajstić information content (AvgIpc) is 3.57. The molecule has 2 saturated carbocycles. The van der Waals surface area contributed by atoms with Crippen LogP contribution in [0.4, 0.5) is 0 Å². The van der Waals surface area contributed by atoms with Crippen LogP contribution in [0.2, 0.25) is 0 Å². The van der Waals surface area contributed by atoms with Crippen molar-refractivity contribution in [2.75, 3.05) is 6.61 Å². The Hall–Kier alpha value is -0.920. The van der Waals surface area contributed by atoms with E-state index in [9.17, 15) is 19.5 Å². The minimum absolute atomic E-state index is 0.0471. The molecule has 4 aliphatic heterocycles. The number of fused-ring (bicyclic) bond motifs is 3. The molecule has 172 valence electrons. The van der Waals surface area contributed by atoms with E-state index < -0.39 is 36.0 Å². The number of phosphoric acid groups is 1. The lowest BCUT2D eigenvalue weighted by Crippen LogP contribution is -2.74. The van der Waals surface area contributed by atoms with Crippen molar-refractivity contribution in [2.45, 2.75) is 80.4 Å². The van der Waals surface area contributed by atoms with E-state index in [-0.39, 0.29) is 35.4 Å². The van der Waals surface area contributed by atoms with Gasteiger partial charge in [0.25, 0.3) is 0 Å². The van der Waals surface area contributed by atoms with E-state index in [2.05, 4.69) is 12.3 Å². The van der Waals surface area contributed by atoms with Crippen molar-refractivity contribution in [3.8, 4) is 5.40 Å². The number of hydrogen-bond acceptors (Lipinski definition) is 9. The summed E-state index contributed by atoms with van der Waals surface area (Å²) in [6, 6.07) is 0. The Kier molecular flexibility index (Phi) is 3.61. The van der Waals surface area contributed by atoms with Gasteiger partial charge in [0, 0.05) is 11.0 Å². The molecule has 0 aromatic carbocycles. The molecule has 4 heterocycles. The molecule has 5 fully saturated rings. The minimum atomic E-state index is -4.33. The van der Waals surface area contributed by atoms with Gasteiger partial charge in [-0.25, -0.2) is 9.36 Å². The molecule has 9 nitrogen and oxygen atoms in total. The fourth-order valence-electron chi connectivity index (χ4n) is 8.15. The quantitative estimate of drug-likeness (QED) is 0.272. The number of epoxide rings is 2. The van der Waals surface area contributed by atoms with E-state index in [4.69, 9.17) is 23.3 Å². The summed E-state index contributed by atoms with van der Waals surface area (Å²) in [4.78, 5) is 22.7. The maximum atomic E-state index is 12.8. The predicted octanol–water partition coefficient (Wildman–Crippen LogP) is 2.44. The molecule has 2 unspecified atom stereocenters. The Morgan fingerprint density at radius 2 is 2.12 bits per heavy atom. The molecule has 3 aliphatic carbocycles. The van der Waals surface area contributed by atoms with Gasteiger partial charge in [0.05, 0.1) is 11.4 Å². The van der Waals surface area contributed by atoms with Gasteiger partial charge in [0.15, 0.2) is 5.60 Å². The number of carbonyl (C=O) groups is 1. The highest BCUT2D eigenvalue weighted by Gasteiger charge is 2.98. The Bertz CT molecular complexity index is 1100. The van der Waals surface area contributed by atoms with Gasteiger partial charge in [0.2, 0.25) is 0 Å². The molecule has 2 spiro atoms. The summed E-state index contributed by atoms with van der Waals surface area (Å²) in [7, 11) is -4.33. The second kappa shape index (κ2) is 5.65. The van der Waals surface area contributed by atoms with Crippen LogP contribution in [0.3, 0.4) is 0 Å². The van der Waals surface area contributed by atoms with Crippen molar-refractivity contribution in [3.05, 3.63) is 11.1 Å². The molecule has 0 amide bonds. The summed E-state index contributed by atoms with van der Waals surface area (Å²) in [5.74, 6) is -0.392. The van der Waals surface area contributed by atoms with Crippen molar-refractivity contribution >= 4 is 25.6 Å². The summed E-state index contributed by atoms with van der Waals surface area (Å²) < 4.78 is 42.9. The standard InChI is InChI=1S/C21H24NO8PS/c1-9(2)19-15(32-8-22)14-21(28-14)18(3)5-4-10-11(7-26-16(10)23)12(18)6-13-20(21,27-13)17(19)29-31(24,25)30-19/h9,12-15,17H,4-7H2,1-3H3,(H,24,25)/t12-,13-,14?,15+,17+,18-,19+,20+,21+/m0/s1. The van der Waals surface area contributed by atoms with E-state index in [0.29, 0.717) is 25.9 Å². The summed E-state index contributed by atoms with van der Waals surface area (Å²) in [6.45, 7) is 6.32. The second-order valence-corrected chi connectivity index (χ2v) is 12.9. The van der Waals surface area contributed by atoms with E-state index in [1.54, 1.807) is 0 Å². The van der Waals surface area contributed by atoms with Crippen molar-refractivity contribution in [1.82, 2.24) is 0 Å². The third-order valence-electron chi connectivity index (χ3n) is 9.48. The molecule has 3 saturated heterocycles. The number of nitrogens with zero attached hydrogens (tertiary/aromatic N) is 1. The zero-order valence-electron chi connectivity index (χ0n) is 17.9. The molecule has 7 rings (SSSR count). The lowest BCUT2D eigenvalue weighted by molar-refractivity contribution is -0.136. The molecule has 0 radical (unpaired) electrons. The normalized spacial score (nSPS) is 58.6. The highest BCUT2D eigenvalue weighted by molar-refractivity contribution is 8.04. The topological polar surface area (TPSA) is 131 Å². The van der Waals surface area contributed by atoms with Crippen molar-refractivity contribution in [2.24, 2.45) is 17.3 Å². The Morgan fingerprint density at radius 3 is 2.84 bits per heavy atom. The van der Waals surface area contributed by atoms with Crippen LogP contribution in [-0.2, 0) is 32.6 Å². The predicted molar refractivity (Wildman–Crippen MR) is 109 cm³/mol. The third-order valence-corrected chi connectivity index (χ3v) is 11.5. The monoisotopic (exact) mass is 481 g/mol. The molecular weight excluding hydrogens is 457 g/mol. The number of ether oxygens (including phenoxy) is 3. The van der Waals surface area contributed by atoms with Gasteiger partial charge in [-0.3, -0.25) is 9.05 Å². The maximum Gasteiger partial charge on any atom is 0.473 e. The van der Waals surface area contributed by atoms with Crippen LogP contribution >= 0.6 is 19.6 Å². The molecule has 1 N–H and O–H groups in total. The highest BCUT2D eigenvalue weighted by Crippen LogP contribution is 2.84. The molecule has 7 aliphatic rings. The van der Waals surface area contributed by atoms with Crippen molar-refractivity contribution in [1.29, 1.82) is 5.26 Å². The first-order chi connectivity index (χ1) is 15.1. The first kappa shape index (κ1) is 20.5. The number of rotatable bonds is 2. The van der Waals surface area contributed by atoms with Crippen molar-refractivity contribution in [3.63, 3.8) is 0 Å². The number of thiocyanates is 1.